The van der Waals surface area contributed by atoms with E-state index >= 15 is 0 Å². The molecule has 4 nitrogen and oxygen atoms in total. The second-order valence-electron chi connectivity index (χ2n) is 5.14. The number of hydrogen-bond donors (Lipinski definition) is 1. The average Bonchev–Trinajstić information content (AvgIpc) is 2.94. The van der Waals surface area contributed by atoms with E-state index in [4.69, 9.17) is 0 Å². The standard InChI is InChI=1S/C16H18N4/c1-12(2)20(10-13-6-4-3-5-7-13)16-14-8-9-17-15(14)18-11-19-16/h3-9,11-12H,10H2,1-2H3,(H,17,18,19). The highest BCUT2D eigenvalue weighted by atomic mass is 15.2. The molecule has 0 saturated carbocycles. The van der Waals surface area contributed by atoms with E-state index in [2.05, 4.69) is 58.0 Å². The van der Waals surface area contributed by atoms with Crippen LogP contribution in [0.15, 0.2) is 48.9 Å². The van der Waals surface area contributed by atoms with Crippen molar-refractivity contribution >= 4 is 16.9 Å². The maximum absolute atomic E-state index is 4.49. The Kier molecular flexibility index (Phi) is 3.37. The van der Waals surface area contributed by atoms with E-state index in [1.165, 1.54) is 5.56 Å². The molecule has 0 saturated heterocycles. The smallest absolute Gasteiger partial charge is 0.142 e. The van der Waals surface area contributed by atoms with Crippen LogP contribution in [0.3, 0.4) is 0 Å². The van der Waals surface area contributed by atoms with E-state index < -0.39 is 0 Å². The van der Waals surface area contributed by atoms with Crippen molar-refractivity contribution in [3.63, 3.8) is 0 Å². The van der Waals surface area contributed by atoms with Gasteiger partial charge in [0.15, 0.2) is 0 Å². The molecular weight excluding hydrogens is 248 g/mol. The van der Waals surface area contributed by atoms with E-state index in [1.54, 1.807) is 6.33 Å². The summed E-state index contributed by atoms with van der Waals surface area (Å²) in [7, 11) is 0. The quantitative estimate of drug-likeness (QED) is 0.787. The van der Waals surface area contributed by atoms with Crippen LogP contribution in [0.1, 0.15) is 19.4 Å². The predicted molar refractivity (Wildman–Crippen MR) is 81.6 cm³/mol. The molecule has 0 bridgehead atoms. The van der Waals surface area contributed by atoms with Crippen LogP contribution < -0.4 is 4.90 Å². The van der Waals surface area contributed by atoms with Crippen LogP contribution in [0, 0.1) is 0 Å². The molecule has 0 radical (unpaired) electrons. The molecule has 4 heteroatoms. The summed E-state index contributed by atoms with van der Waals surface area (Å²) in [6.45, 7) is 5.21. The summed E-state index contributed by atoms with van der Waals surface area (Å²) in [6.07, 6.45) is 3.53. The topological polar surface area (TPSA) is 44.8 Å². The van der Waals surface area contributed by atoms with Crippen LogP contribution in [0.5, 0.6) is 0 Å². The van der Waals surface area contributed by atoms with Gasteiger partial charge in [-0.3, -0.25) is 0 Å². The molecule has 2 heterocycles. The molecule has 0 aliphatic heterocycles. The zero-order chi connectivity index (χ0) is 13.9. The third-order valence-electron chi connectivity index (χ3n) is 3.42. The molecular formula is C16H18N4. The van der Waals surface area contributed by atoms with Crippen LogP contribution in [-0.4, -0.2) is 21.0 Å². The van der Waals surface area contributed by atoms with Gasteiger partial charge in [0.25, 0.3) is 0 Å². The van der Waals surface area contributed by atoms with Crippen molar-refractivity contribution < 1.29 is 0 Å². The Balaban J connectivity index is 2.00. The van der Waals surface area contributed by atoms with Gasteiger partial charge in [0, 0.05) is 18.8 Å². The predicted octanol–water partition coefficient (Wildman–Crippen LogP) is 3.37. The second-order valence-corrected chi connectivity index (χ2v) is 5.14. The first kappa shape index (κ1) is 12.7. The van der Waals surface area contributed by atoms with E-state index in [9.17, 15) is 0 Å². The van der Waals surface area contributed by atoms with Crippen LogP contribution in [-0.2, 0) is 6.54 Å². The van der Waals surface area contributed by atoms with Gasteiger partial charge in [-0.05, 0) is 25.5 Å². The van der Waals surface area contributed by atoms with Crippen molar-refractivity contribution in [2.75, 3.05) is 4.90 Å². The zero-order valence-electron chi connectivity index (χ0n) is 11.7. The van der Waals surface area contributed by atoms with Crippen molar-refractivity contribution in [1.29, 1.82) is 0 Å². The summed E-state index contributed by atoms with van der Waals surface area (Å²) in [4.78, 5) is 14.2. The highest BCUT2D eigenvalue weighted by molar-refractivity contribution is 5.87. The molecule has 0 unspecified atom stereocenters. The summed E-state index contributed by atoms with van der Waals surface area (Å²) >= 11 is 0. The molecule has 3 rings (SSSR count). The summed E-state index contributed by atoms with van der Waals surface area (Å²) in [5, 5.41) is 1.07. The number of anilines is 1. The number of rotatable bonds is 4. The molecule has 0 spiro atoms. The van der Waals surface area contributed by atoms with Gasteiger partial charge in [0.05, 0.1) is 5.39 Å². The van der Waals surface area contributed by atoms with Crippen LogP contribution in [0.25, 0.3) is 11.0 Å². The Morgan fingerprint density at radius 2 is 1.90 bits per heavy atom. The first-order valence-electron chi connectivity index (χ1n) is 6.84. The number of aromatic amines is 1. The van der Waals surface area contributed by atoms with Gasteiger partial charge in [-0.15, -0.1) is 0 Å². The van der Waals surface area contributed by atoms with Gasteiger partial charge in [-0.2, -0.15) is 0 Å². The number of benzene rings is 1. The summed E-state index contributed by atoms with van der Waals surface area (Å²) in [5.74, 6) is 0.982. The number of fused-ring (bicyclic) bond motifs is 1. The lowest BCUT2D eigenvalue weighted by atomic mass is 10.2. The maximum atomic E-state index is 4.49. The molecule has 1 N–H and O–H groups in total. The zero-order valence-corrected chi connectivity index (χ0v) is 11.7. The number of nitrogens with zero attached hydrogens (tertiary/aromatic N) is 3. The monoisotopic (exact) mass is 266 g/mol. The lowest BCUT2D eigenvalue weighted by molar-refractivity contribution is 0.675. The summed E-state index contributed by atoms with van der Waals surface area (Å²) in [6, 6.07) is 12.9. The lowest BCUT2D eigenvalue weighted by Gasteiger charge is -2.28. The van der Waals surface area contributed by atoms with Gasteiger partial charge in [0.1, 0.15) is 17.8 Å². The molecule has 0 aliphatic rings. The fourth-order valence-electron chi connectivity index (χ4n) is 2.37. The maximum Gasteiger partial charge on any atom is 0.142 e. The average molecular weight is 266 g/mol. The van der Waals surface area contributed by atoms with Crippen molar-refractivity contribution in [1.82, 2.24) is 15.0 Å². The van der Waals surface area contributed by atoms with Gasteiger partial charge >= 0.3 is 0 Å². The molecule has 20 heavy (non-hydrogen) atoms. The third kappa shape index (κ3) is 2.37. The first-order valence-corrected chi connectivity index (χ1v) is 6.84. The van der Waals surface area contributed by atoms with Gasteiger partial charge < -0.3 is 9.88 Å². The molecule has 0 fully saturated rings. The normalized spacial score (nSPS) is 11.2. The van der Waals surface area contributed by atoms with E-state index in [0.29, 0.717) is 6.04 Å². The first-order chi connectivity index (χ1) is 9.75. The number of nitrogens with one attached hydrogen (secondary N) is 1. The van der Waals surface area contributed by atoms with Gasteiger partial charge in [-0.1, -0.05) is 30.3 Å². The Labute approximate surface area is 118 Å². The lowest BCUT2D eigenvalue weighted by Crippen LogP contribution is -2.31. The minimum atomic E-state index is 0.364. The highest BCUT2D eigenvalue weighted by Crippen LogP contribution is 2.25. The molecule has 0 aliphatic carbocycles. The SMILES string of the molecule is CC(C)N(Cc1ccccc1)c1ncnc2[nH]ccc12. The minimum absolute atomic E-state index is 0.364. The van der Waals surface area contributed by atoms with Crippen LogP contribution in [0.2, 0.25) is 0 Å². The fourth-order valence-corrected chi connectivity index (χ4v) is 2.37. The Morgan fingerprint density at radius 3 is 2.65 bits per heavy atom. The van der Waals surface area contributed by atoms with Crippen molar-refractivity contribution in [3.8, 4) is 0 Å². The highest BCUT2D eigenvalue weighted by Gasteiger charge is 2.16. The van der Waals surface area contributed by atoms with E-state index in [0.717, 1.165) is 23.4 Å². The third-order valence-corrected chi connectivity index (χ3v) is 3.42. The van der Waals surface area contributed by atoms with Crippen molar-refractivity contribution in [3.05, 3.63) is 54.5 Å². The minimum Gasteiger partial charge on any atom is -0.349 e. The Hall–Kier alpha value is -2.36. The Morgan fingerprint density at radius 1 is 1.10 bits per heavy atom. The number of H-pyrrole nitrogens is 1. The fraction of sp³-hybridized carbons (Fsp3) is 0.250. The van der Waals surface area contributed by atoms with E-state index in [1.807, 2.05) is 18.3 Å². The van der Waals surface area contributed by atoms with Gasteiger partial charge in [0.2, 0.25) is 0 Å². The second kappa shape index (κ2) is 5.33. The number of aromatic nitrogens is 3. The molecule has 1 aromatic carbocycles. The number of hydrogen-bond acceptors (Lipinski definition) is 3. The van der Waals surface area contributed by atoms with Crippen LogP contribution >= 0.6 is 0 Å². The molecule has 102 valence electrons. The molecule has 3 aromatic rings. The summed E-state index contributed by atoms with van der Waals surface area (Å²) in [5.41, 5.74) is 2.16. The van der Waals surface area contributed by atoms with E-state index in [-0.39, 0.29) is 0 Å². The molecule has 0 atom stereocenters. The Bertz CT molecular complexity index is 688. The van der Waals surface area contributed by atoms with Gasteiger partial charge in [-0.25, -0.2) is 9.97 Å². The van der Waals surface area contributed by atoms with Crippen molar-refractivity contribution in [2.45, 2.75) is 26.4 Å². The molecule has 0 amide bonds. The molecule has 2 aromatic heterocycles. The van der Waals surface area contributed by atoms with Crippen molar-refractivity contribution in [2.24, 2.45) is 0 Å². The summed E-state index contributed by atoms with van der Waals surface area (Å²) < 4.78 is 0. The largest absolute Gasteiger partial charge is 0.349 e. The van der Waals surface area contributed by atoms with Crippen LogP contribution in [0.4, 0.5) is 5.82 Å².